The first-order valence-corrected chi connectivity index (χ1v) is 9.43. The highest BCUT2D eigenvalue weighted by molar-refractivity contribution is 5.91. The Labute approximate surface area is 165 Å². The summed E-state index contributed by atoms with van der Waals surface area (Å²) in [6.45, 7) is 4.99. The highest BCUT2D eigenvalue weighted by Crippen LogP contribution is 2.18. The highest BCUT2D eigenvalue weighted by atomic mass is 16.6. The van der Waals surface area contributed by atoms with Crippen LogP contribution in [0.15, 0.2) is 24.3 Å². The first-order chi connectivity index (χ1) is 13.4. The van der Waals surface area contributed by atoms with E-state index >= 15 is 0 Å². The fourth-order valence-electron chi connectivity index (χ4n) is 3.25. The fraction of sp³-hybridized carbons (Fsp3) is 0.500. The molecule has 0 aromatic heterocycles. The quantitative estimate of drug-likeness (QED) is 0.808. The van der Waals surface area contributed by atoms with Crippen molar-refractivity contribution >= 4 is 23.6 Å². The first kappa shape index (κ1) is 21.2. The zero-order chi connectivity index (χ0) is 20.5. The largest absolute Gasteiger partial charge is 0.450 e. The van der Waals surface area contributed by atoms with Gasteiger partial charge in [-0.2, -0.15) is 5.26 Å². The molecule has 1 aromatic carbocycles. The molecular weight excluding hydrogens is 360 g/mol. The molecule has 1 fully saturated rings. The van der Waals surface area contributed by atoms with Gasteiger partial charge in [0, 0.05) is 44.7 Å². The SMILES string of the molecule is CCOC(=O)N1CCC(N(CCC(=O)Nc2ccc(C#N)cc2)C(C)=O)CC1. The van der Waals surface area contributed by atoms with E-state index in [1.165, 1.54) is 6.92 Å². The summed E-state index contributed by atoms with van der Waals surface area (Å²) in [5.74, 6) is -0.277. The molecular formula is C20H26N4O4. The van der Waals surface area contributed by atoms with E-state index in [4.69, 9.17) is 10.00 Å². The molecule has 1 aromatic rings. The lowest BCUT2D eigenvalue weighted by molar-refractivity contribution is -0.132. The number of rotatable bonds is 6. The van der Waals surface area contributed by atoms with E-state index in [0.717, 1.165) is 0 Å². The molecule has 1 heterocycles. The summed E-state index contributed by atoms with van der Waals surface area (Å²) in [4.78, 5) is 39.4. The third kappa shape index (κ3) is 5.98. The van der Waals surface area contributed by atoms with E-state index < -0.39 is 0 Å². The molecule has 1 aliphatic rings. The molecule has 8 nitrogen and oxygen atoms in total. The van der Waals surface area contributed by atoms with Gasteiger partial charge < -0.3 is 19.9 Å². The Morgan fingerprint density at radius 1 is 1.25 bits per heavy atom. The highest BCUT2D eigenvalue weighted by Gasteiger charge is 2.29. The minimum atomic E-state index is -0.322. The standard InChI is InChI=1S/C20H26N4O4/c1-3-28-20(27)23-11-8-18(9-12-23)24(15(2)25)13-10-19(26)22-17-6-4-16(14-21)5-7-17/h4-7,18H,3,8-13H2,1-2H3,(H,22,26). The fourth-order valence-corrected chi connectivity index (χ4v) is 3.25. The molecule has 8 heteroatoms. The van der Waals surface area contributed by atoms with Crippen LogP contribution in [0.2, 0.25) is 0 Å². The number of carbonyl (C=O) groups excluding carboxylic acids is 3. The minimum absolute atomic E-state index is 0.00545. The van der Waals surface area contributed by atoms with E-state index in [1.54, 1.807) is 41.0 Å². The smallest absolute Gasteiger partial charge is 0.409 e. The van der Waals surface area contributed by atoms with Gasteiger partial charge in [0.2, 0.25) is 11.8 Å². The topological polar surface area (TPSA) is 103 Å². The van der Waals surface area contributed by atoms with Crippen LogP contribution in [0.3, 0.4) is 0 Å². The normalized spacial score (nSPS) is 14.1. The van der Waals surface area contributed by atoms with Crippen molar-refractivity contribution < 1.29 is 19.1 Å². The number of amides is 3. The second-order valence-electron chi connectivity index (χ2n) is 6.62. The summed E-state index contributed by atoms with van der Waals surface area (Å²) in [6.07, 6.45) is 1.18. The number of piperidine rings is 1. The van der Waals surface area contributed by atoms with Gasteiger partial charge in [-0.1, -0.05) is 0 Å². The number of nitriles is 1. The number of hydrogen-bond acceptors (Lipinski definition) is 5. The summed E-state index contributed by atoms with van der Waals surface area (Å²) in [5.41, 5.74) is 1.14. The monoisotopic (exact) mass is 386 g/mol. The summed E-state index contributed by atoms with van der Waals surface area (Å²) in [7, 11) is 0. The number of ether oxygens (including phenoxy) is 1. The van der Waals surface area contributed by atoms with Crippen molar-refractivity contribution in [3.8, 4) is 6.07 Å². The van der Waals surface area contributed by atoms with Crippen LogP contribution in [0.1, 0.15) is 38.7 Å². The molecule has 0 unspecified atom stereocenters. The summed E-state index contributed by atoms with van der Waals surface area (Å²) < 4.78 is 5.01. The minimum Gasteiger partial charge on any atom is -0.450 e. The molecule has 0 bridgehead atoms. The molecule has 28 heavy (non-hydrogen) atoms. The molecule has 150 valence electrons. The van der Waals surface area contributed by atoms with Gasteiger partial charge >= 0.3 is 6.09 Å². The van der Waals surface area contributed by atoms with Crippen molar-refractivity contribution in [2.75, 3.05) is 31.6 Å². The van der Waals surface area contributed by atoms with Crippen LogP contribution in [0.25, 0.3) is 0 Å². The molecule has 0 spiro atoms. The Hall–Kier alpha value is -3.08. The number of anilines is 1. The molecule has 0 saturated carbocycles. The maximum Gasteiger partial charge on any atom is 0.409 e. The van der Waals surface area contributed by atoms with Crippen molar-refractivity contribution in [2.45, 2.75) is 39.2 Å². The van der Waals surface area contributed by atoms with Crippen LogP contribution in [0.5, 0.6) is 0 Å². The maximum absolute atomic E-state index is 12.2. The predicted molar refractivity (Wildman–Crippen MR) is 103 cm³/mol. The van der Waals surface area contributed by atoms with Crippen molar-refractivity contribution in [1.82, 2.24) is 9.80 Å². The Kier molecular flexibility index (Phi) is 7.81. The molecule has 1 N–H and O–H groups in total. The molecule has 1 saturated heterocycles. The maximum atomic E-state index is 12.2. The Morgan fingerprint density at radius 2 is 1.89 bits per heavy atom. The van der Waals surface area contributed by atoms with E-state index in [-0.39, 0.29) is 30.4 Å². The average molecular weight is 386 g/mol. The lowest BCUT2D eigenvalue weighted by atomic mass is 10.0. The predicted octanol–water partition coefficient (Wildman–Crippen LogP) is 2.36. The van der Waals surface area contributed by atoms with Gasteiger partial charge in [0.05, 0.1) is 18.2 Å². The number of benzene rings is 1. The van der Waals surface area contributed by atoms with Crippen molar-refractivity contribution in [3.05, 3.63) is 29.8 Å². The Morgan fingerprint density at radius 3 is 2.43 bits per heavy atom. The summed E-state index contributed by atoms with van der Waals surface area (Å²) in [6, 6.07) is 8.64. The van der Waals surface area contributed by atoms with Gasteiger partial charge in [-0.05, 0) is 44.0 Å². The van der Waals surface area contributed by atoms with E-state index in [0.29, 0.717) is 50.3 Å². The number of nitrogens with one attached hydrogen (secondary N) is 1. The molecule has 1 aliphatic heterocycles. The third-order valence-corrected chi connectivity index (χ3v) is 4.71. The summed E-state index contributed by atoms with van der Waals surface area (Å²) >= 11 is 0. The van der Waals surface area contributed by atoms with Gasteiger partial charge in [-0.25, -0.2) is 4.79 Å². The van der Waals surface area contributed by atoms with Crippen LogP contribution in [-0.2, 0) is 14.3 Å². The lowest BCUT2D eigenvalue weighted by Crippen LogP contribution is -2.49. The first-order valence-electron chi connectivity index (χ1n) is 9.43. The van der Waals surface area contributed by atoms with E-state index in [9.17, 15) is 14.4 Å². The number of nitrogens with zero attached hydrogens (tertiary/aromatic N) is 3. The molecule has 0 atom stereocenters. The van der Waals surface area contributed by atoms with Crippen molar-refractivity contribution in [3.63, 3.8) is 0 Å². The van der Waals surface area contributed by atoms with Crippen LogP contribution in [0, 0.1) is 11.3 Å². The number of carbonyl (C=O) groups is 3. The zero-order valence-electron chi connectivity index (χ0n) is 16.3. The van der Waals surface area contributed by atoms with Gasteiger partial charge in [-0.15, -0.1) is 0 Å². The second-order valence-corrected chi connectivity index (χ2v) is 6.62. The van der Waals surface area contributed by atoms with Gasteiger partial charge in [0.25, 0.3) is 0 Å². The van der Waals surface area contributed by atoms with Crippen LogP contribution >= 0.6 is 0 Å². The van der Waals surface area contributed by atoms with Crippen molar-refractivity contribution in [2.24, 2.45) is 0 Å². The summed E-state index contributed by atoms with van der Waals surface area (Å²) in [5, 5.41) is 11.6. The molecule has 0 aliphatic carbocycles. The van der Waals surface area contributed by atoms with Gasteiger partial charge in [0.1, 0.15) is 0 Å². The number of hydrogen-bond donors (Lipinski definition) is 1. The number of likely N-dealkylation sites (tertiary alicyclic amines) is 1. The second kappa shape index (κ2) is 10.3. The Balaban J connectivity index is 1.84. The van der Waals surface area contributed by atoms with Gasteiger partial charge in [0.15, 0.2) is 0 Å². The molecule has 3 amide bonds. The van der Waals surface area contributed by atoms with Crippen LogP contribution in [-0.4, -0.2) is 60.0 Å². The Bertz CT molecular complexity index is 734. The lowest BCUT2D eigenvalue weighted by Gasteiger charge is -2.37. The molecule has 2 rings (SSSR count). The van der Waals surface area contributed by atoms with Gasteiger partial charge in [-0.3, -0.25) is 9.59 Å². The molecule has 0 radical (unpaired) electrons. The van der Waals surface area contributed by atoms with Crippen molar-refractivity contribution in [1.29, 1.82) is 5.26 Å². The average Bonchev–Trinajstić information content (AvgIpc) is 2.69. The zero-order valence-corrected chi connectivity index (χ0v) is 16.3. The van der Waals surface area contributed by atoms with E-state index in [1.807, 2.05) is 6.07 Å². The van der Waals surface area contributed by atoms with E-state index in [2.05, 4.69) is 5.32 Å². The third-order valence-electron chi connectivity index (χ3n) is 4.71. The van der Waals surface area contributed by atoms with Crippen LogP contribution < -0.4 is 5.32 Å². The van der Waals surface area contributed by atoms with Crippen LogP contribution in [0.4, 0.5) is 10.5 Å².